The van der Waals surface area contributed by atoms with Gasteiger partial charge in [-0.2, -0.15) is 4.98 Å². The van der Waals surface area contributed by atoms with E-state index >= 15 is 0 Å². The van der Waals surface area contributed by atoms with Gasteiger partial charge in [-0.05, 0) is 24.9 Å². The van der Waals surface area contributed by atoms with Crippen molar-refractivity contribution in [3.63, 3.8) is 0 Å². The van der Waals surface area contributed by atoms with Crippen LogP contribution in [0.4, 0.5) is 0 Å². The van der Waals surface area contributed by atoms with Crippen molar-refractivity contribution in [2.75, 3.05) is 6.54 Å². The SMILES string of the molecule is CC(C)Cc1nc(CCN)nc2occc12. The second-order valence-corrected chi connectivity index (χ2v) is 4.36. The third-order valence-electron chi connectivity index (χ3n) is 2.42. The highest BCUT2D eigenvalue weighted by atomic mass is 16.3. The molecule has 0 aromatic carbocycles. The first-order valence-electron chi connectivity index (χ1n) is 5.63. The quantitative estimate of drug-likeness (QED) is 0.853. The Bertz CT molecular complexity index is 476. The standard InChI is InChI=1S/C12H17N3O/c1-8(2)7-10-9-4-6-16-12(9)15-11(14-10)3-5-13/h4,6,8H,3,5,7,13H2,1-2H3. The van der Waals surface area contributed by atoms with Crippen LogP contribution in [-0.4, -0.2) is 16.5 Å². The Kier molecular flexibility index (Phi) is 3.19. The zero-order chi connectivity index (χ0) is 11.5. The summed E-state index contributed by atoms with van der Waals surface area (Å²) in [6, 6.07) is 1.93. The van der Waals surface area contributed by atoms with Crippen LogP contribution in [0, 0.1) is 5.92 Å². The number of nitrogens with two attached hydrogens (primary N) is 1. The molecule has 0 fully saturated rings. The van der Waals surface area contributed by atoms with Gasteiger partial charge in [0.1, 0.15) is 5.82 Å². The van der Waals surface area contributed by atoms with Crippen molar-refractivity contribution in [1.82, 2.24) is 9.97 Å². The largest absolute Gasteiger partial charge is 0.446 e. The zero-order valence-electron chi connectivity index (χ0n) is 9.73. The minimum Gasteiger partial charge on any atom is -0.446 e. The van der Waals surface area contributed by atoms with Crippen molar-refractivity contribution < 1.29 is 4.42 Å². The van der Waals surface area contributed by atoms with E-state index in [9.17, 15) is 0 Å². The Labute approximate surface area is 94.9 Å². The zero-order valence-corrected chi connectivity index (χ0v) is 9.73. The number of furan rings is 1. The summed E-state index contributed by atoms with van der Waals surface area (Å²) in [6.45, 7) is 4.92. The van der Waals surface area contributed by atoms with Gasteiger partial charge in [0.15, 0.2) is 0 Å². The van der Waals surface area contributed by atoms with Crippen LogP contribution in [0.25, 0.3) is 11.1 Å². The predicted molar refractivity (Wildman–Crippen MR) is 63.1 cm³/mol. The highest BCUT2D eigenvalue weighted by Crippen LogP contribution is 2.19. The van der Waals surface area contributed by atoms with E-state index in [1.165, 1.54) is 0 Å². The highest BCUT2D eigenvalue weighted by molar-refractivity contribution is 5.75. The molecule has 0 saturated carbocycles. The Hall–Kier alpha value is -1.42. The molecule has 0 bridgehead atoms. The van der Waals surface area contributed by atoms with Crippen LogP contribution in [0.15, 0.2) is 16.7 Å². The summed E-state index contributed by atoms with van der Waals surface area (Å²) in [5.74, 6) is 1.35. The number of fused-ring (bicyclic) bond motifs is 1. The van der Waals surface area contributed by atoms with Crippen molar-refractivity contribution in [2.45, 2.75) is 26.7 Å². The van der Waals surface area contributed by atoms with Gasteiger partial charge in [-0.1, -0.05) is 13.8 Å². The molecule has 0 radical (unpaired) electrons. The summed E-state index contributed by atoms with van der Waals surface area (Å²) in [5.41, 5.74) is 7.26. The molecule has 2 aromatic heterocycles. The summed E-state index contributed by atoms with van der Waals surface area (Å²) < 4.78 is 5.34. The van der Waals surface area contributed by atoms with Gasteiger partial charge in [0, 0.05) is 6.42 Å². The summed E-state index contributed by atoms with van der Waals surface area (Å²) in [7, 11) is 0. The lowest BCUT2D eigenvalue weighted by Crippen LogP contribution is -2.09. The van der Waals surface area contributed by atoms with Gasteiger partial charge >= 0.3 is 0 Å². The van der Waals surface area contributed by atoms with E-state index in [2.05, 4.69) is 23.8 Å². The number of aromatic nitrogens is 2. The smallest absolute Gasteiger partial charge is 0.229 e. The average molecular weight is 219 g/mol. The van der Waals surface area contributed by atoms with Gasteiger partial charge in [-0.25, -0.2) is 4.98 Å². The van der Waals surface area contributed by atoms with Gasteiger partial charge < -0.3 is 10.2 Å². The molecule has 16 heavy (non-hydrogen) atoms. The van der Waals surface area contributed by atoms with Crippen LogP contribution < -0.4 is 5.73 Å². The normalized spacial score (nSPS) is 11.5. The Balaban J connectivity index is 2.46. The molecule has 2 N–H and O–H groups in total. The summed E-state index contributed by atoms with van der Waals surface area (Å²) in [6.07, 6.45) is 3.30. The van der Waals surface area contributed by atoms with Gasteiger partial charge in [-0.15, -0.1) is 0 Å². The van der Waals surface area contributed by atoms with Gasteiger partial charge in [0.05, 0.1) is 17.3 Å². The van der Waals surface area contributed by atoms with Gasteiger partial charge in [0.25, 0.3) is 0 Å². The monoisotopic (exact) mass is 219 g/mol. The minimum atomic E-state index is 0.563. The molecule has 2 heterocycles. The topological polar surface area (TPSA) is 64.9 Å². The molecular weight excluding hydrogens is 202 g/mol. The van der Waals surface area contributed by atoms with Crippen molar-refractivity contribution in [3.05, 3.63) is 23.8 Å². The fourth-order valence-electron chi connectivity index (χ4n) is 1.75. The van der Waals surface area contributed by atoms with Crippen LogP contribution in [0.5, 0.6) is 0 Å². The minimum absolute atomic E-state index is 0.563. The first-order valence-corrected chi connectivity index (χ1v) is 5.63. The van der Waals surface area contributed by atoms with Crippen LogP contribution >= 0.6 is 0 Å². The molecule has 0 aliphatic rings. The first kappa shape index (κ1) is 11.1. The van der Waals surface area contributed by atoms with Crippen molar-refractivity contribution >= 4 is 11.1 Å². The van der Waals surface area contributed by atoms with Crippen LogP contribution in [0.1, 0.15) is 25.4 Å². The fourth-order valence-corrected chi connectivity index (χ4v) is 1.75. The number of nitrogens with zero attached hydrogens (tertiary/aromatic N) is 2. The average Bonchev–Trinajstić information content (AvgIpc) is 2.65. The number of hydrogen-bond donors (Lipinski definition) is 1. The molecule has 0 aliphatic carbocycles. The lowest BCUT2D eigenvalue weighted by atomic mass is 10.1. The number of rotatable bonds is 4. The summed E-state index contributed by atoms with van der Waals surface area (Å²) >= 11 is 0. The van der Waals surface area contributed by atoms with Crippen molar-refractivity contribution in [2.24, 2.45) is 11.7 Å². The molecule has 0 spiro atoms. The molecular formula is C12H17N3O. The molecule has 0 amide bonds. The third-order valence-corrected chi connectivity index (χ3v) is 2.42. The third kappa shape index (κ3) is 2.22. The maximum absolute atomic E-state index is 5.52. The summed E-state index contributed by atoms with van der Waals surface area (Å²) in [4.78, 5) is 8.89. The van der Waals surface area contributed by atoms with Gasteiger partial charge in [-0.3, -0.25) is 0 Å². The molecule has 2 aromatic rings. The Morgan fingerprint density at radius 2 is 2.19 bits per heavy atom. The summed E-state index contributed by atoms with van der Waals surface area (Å²) in [5, 5.41) is 1.02. The van der Waals surface area contributed by atoms with E-state index in [4.69, 9.17) is 10.2 Å². The van der Waals surface area contributed by atoms with Crippen molar-refractivity contribution in [3.8, 4) is 0 Å². The lowest BCUT2D eigenvalue weighted by molar-refractivity contribution is 0.594. The highest BCUT2D eigenvalue weighted by Gasteiger charge is 2.10. The van der Waals surface area contributed by atoms with E-state index in [-0.39, 0.29) is 0 Å². The van der Waals surface area contributed by atoms with E-state index in [1.807, 2.05) is 6.07 Å². The Morgan fingerprint density at radius 1 is 1.38 bits per heavy atom. The predicted octanol–water partition coefficient (Wildman–Crippen LogP) is 1.92. The molecule has 4 nitrogen and oxygen atoms in total. The molecule has 4 heteroatoms. The molecule has 0 atom stereocenters. The van der Waals surface area contributed by atoms with Crippen LogP contribution in [0.2, 0.25) is 0 Å². The van der Waals surface area contributed by atoms with Crippen LogP contribution in [-0.2, 0) is 12.8 Å². The molecule has 0 saturated heterocycles. The molecule has 2 rings (SSSR count). The van der Waals surface area contributed by atoms with Crippen molar-refractivity contribution in [1.29, 1.82) is 0 Å². The van der Waals surface area contributed by atoms with Crippen LogP contribution in [0.3, 0.4) is 0 Å². The van der Waals surface area contributed by atoms with E-state index in [0.29, 0.717) is 24.6 Å². The second-order valence-electron chi connectivity index (χ2n) is 4.36. The molecule has 0 aliphatic heterocycles. The first-order chi connectivity index (χ1) is 7.70. The van der Waals surface area contributed by atoms with E-state index in [0.717, 1.165) is 23.3 Å². The molecule has 0 unspecified atom stereocenters. The van der Waals surface area contributed by atoms with Gasteiger partial charge in [0.2, 0.25) is 5.71 Å². The fraction of sp³-hybridized carbons (Fsp3) is 0.500. The maximum Gasteiger partial charge on any atom is 0.229 e. The maximum atomic E-state index is 5.52. The second kappa shape index (κ2) is 4.61. The molecule has 86 valence electrons. The lowest BCUT2D eigenvalue weighted by Gasteiger charge is -2.06. The Morgan fingerprint density at radius 3 is 2.88 bits per heavy atom. The number of hydrogen-bond acceptors (Lipinski definition) is 4. The van der Waals surface area contributed by atoms with E-state index in [1.54, 1.807) is 6.26 Å². The van der Waals surface area contributed by atoms with E-state index < -0.39 is 0 Å².